The molecule has 0 spiro atoms. The maximum absolute atomic E-state index is 12.8. The summed E-state index contributed by atoms with van der Waals surface area (Å²) < 4.78 is 12.8. The highest BCUT2D eigenvalue weighted by Gasteiger charge is 2.18. The minimum absolute atomic E-state index is 0.146. The molecule has 1 aliphatic heterocycles. The van der Waals surface area contributed by atoms with Crippen molar-refractivity contribution in [3.63, 3.8) is 0 Å². The third-order valence-corrected chi connectivity index (χ3v) is 4.07. The van der Waals surface area contributed by atoms with E-state index >= 15 is 0 Å². The Kier molecular flexibility index (Phi) is 5.80. The van der Waals surface area contributed by atoms with Crippen LogP contribution in [0.1, 0.15) is 31.2 Å². The molecular weight excluding hydrogens is 239 g/mol. The summed E-state index contributed by atoms with van der Waals surface area (Å²) in [6.07, 6.45) is 5.26. The molecule has 0 unspecified atom stereocenters. The van der Waals surface area contributed by atoms with E-state index < -0.39 is 0 Å². The van der Waals surface area contributed by atoms with E-state index in [0.29, 0.717) is 0 Å². The molecule has 1 heterocycles. The molecule has 1 N–H and O–H groups in total. The summed E-state index contributed by atoms with van der Waals surface area (Å²) in [6.45, 7) is 4.46. The number of nitrogens with one attached hydrogen (secondary N) is 1. The Balaban J connectivity index is 1.69. The monoisotopic (exact) mass is 264 g/mol. The Morgan fingerprint density at radius 1 is 1.21 bits per heavy atom. The molecule has 1 fully saturated rings. The van der Waals surface area contributed by atoms with Crippen molar-refractivity contribution >= 4 is 0 Å². The van der Waals surface area contributed by atoms with Crippen LogP contribution in [-0.2, 0) is 6.54 Å². The lowest BCUT2D eigenvalue weighted by atomic mass is 9.92. The average molecular weight is 264 g/mol. The molecule has 0 aliphatic carbocycles. The van der Waals surface area contributed by atoms with Crippen molar-refractivity contribution in [3.8, 4) is 0 Å². The normalized spacial score (nSPS) is 17.8. The first-order valence-corrected chi connectivity index (χ1v) is 7.39. The average Bonchev–Trinajstić information content (AvgIpc) is 2.44. The first-order chi connectivity index (χ1) is 9.28. The standard InChI is InChI=1S/C16H25FN2/c1-18-10-2-3-14-8-11-19(12-9-14)13-15-4-6-16(17)7-5-15/h4-7,14,18H,2-3,8-13H2,1H3. The zero-order valence-electron chi connectivity index (χ0n) is 11.9. The van der Waals surface area contributed by atoms with Crippen LogP contribution in [0.4, 0.5) is 4.39 Å². The summed E-state index contributed by atoms with van der Waals surface area (Å²) in [5.74, 6) is 0.754. The fourth-order valence-electron chi connectivity index (χ4n) is 2.85. The fourth-order valence-corrected chi connectivity index (χ4v) is 2.85. The van der Waals surface area contributed by atoms with Crippen molar-refractivity contribution in [1.29, 1.82) is 0 Å². The zero-order valence-corrected chi connectivity index (χ0v) is 11.9. The Bertz CT molecular complexity index is 356. The molecule has 1 aliphatic rings. The molecule has 0 amide bonds. The van der Waals surface area contributed by atoms with E-state index in [0.717, 1.165) is 19.0 Å². The Morgan fingerprint density at radius 2 is 1.89 bits per heavy atom. The molecule has 0 saturated carbocycles. The van der Waals surface area contributed by atoms with Gasteiger partial charge in [-0.05, 0) is 76.0 Å². The van der Waals surface area contributed by atoms with Crippen LogP contribution in [0, 0.1) is 11.7 Å². The second-order valence-corrected chi connectivity index (χ2v) is 5.59. The molecule has 0 atom stereocenters. The molecule has 0 aromatic heterocycles. The van der Waals surface area contributed by atoms with E-state index in [-0.39, 0.29) is 5.82 Å². The molecule has 19 heavy (non-hydrogen) atoms. The highest BCUT2D eigenvalue weighted by atomic mass is 19.1. The number of rotatable bonds is 6. The van der Waals surface area contributed by atoms with Gasteiger partial charge in [0.2, 0.25) is 0 Å². The summed E-state index contributed by atoms with van der Waals surface area (Å²) in [5.41, 5.74) is 1.22. The van der Waals surface area contributed by atoms with Crippen molar-refractivity contribution in [2.45, 2.75) is 32.2 Å². The van der Waals surface area contributed by atoms with Gasteiger partial charge in [0.15, 0.2) is 0 Å². The van der Waals surface area contributed by atoms with Crippen molar-refractivity contribution in [2.75, 3.05) is 26.7 Å². The van der Waals surface area contributed by atoms with E-state index in [1.54, 1.807) is 12.1 Å². The molecule has 1 aromatic rings. The van der Waals surface area contributed by atoms with Crippen LogP contribution in [0.3, 0.4) is 0 Å². The number of piperidine rings is 1. The van der Waals surface area contributed by atoms with Crippen molar-refractivity contribution in [2.24, 2.45) is 5.92 Å². The van der Waals surface area contributed by atoms with Gasteiger partial charge in [-0.25, -0.2) is 4.39 Å². The smallest absolute Gasteiger partial charge is 0.123 e. The Hall–Kier alpha value is -0.930. The van der Waals surface area contributed by atoms with Gasteiger partial charge < -0.3 is 5.32 Å². The molecule has 0 bridgehead atoms. The van der Waals surface area contributed by atoms with Gasteiger partial charge >= 0.3 is 0 Å². The summed E-state index contributed by atoms with van der Waals surface area (Å²) in [7, 11) is 2.02. The van der Waals surface area contributed by atoms with Gasteiger partial charge in [-0.15, -0.1) is 0 Å². The minimum atomic E-state index is -0.146. The summed E-state index contributed by atoms with van der Waals surface area (Å²) >= 11 is 0. The molecule has 2 nitrogen and oxygen atoms in total. The first-order valence-electron chi connectivity index (χ1n) is 7.39. The van der Waals surface area contributed by atoms with Crippen LogP contribution < -0.4 is 5.32 Å². The third kappa shape index (κ3) is 4.92. The topological polar surface area (TPSA) is 15.3 Å². The lowest BCUT2D eigenvalue weighted by Crippen LogP contribution is -2.33. The SMILES string of the molecule is CNCCCC1CCN(Cc2ccc(F)cc2)CC1. The summed E-state index contributed by atoms with van der Waals surface area (Å²) in [6, 6.07) is 6.91. The summed E-state index contributed by atoms with van der Waals surface area (Å²) in [4.78, 5) is 2.49. The van der Waals surface area contributed by atoms with Crippen LogP contribution in [0.5, 0.6) is 0 Å². The van der Waals surface area contributed by atoms with Crippen LogP contribution in [0.2, 0.25) is 0 Å². The minimum Gasteiger partial charge on any atom is -0.320 e. The van der Waals surface area contributed by atoms with E-state index in [9.17, 15) is 4.39 Å². The predicted molar refractivity (Wildman–Crippen MR) is 77.6 cm³/mol. The predicted octanol–water partition coefficient (Wildman–Crippen LogP) is 3.04. The molecule has 1 aromatic carbocycles. The van der Waals surface area contributed by atoms with E-state index in [1.807, 2.05) is 19.2 Å². The molecule has 2 rings (SSSR count). The molecule has 106 valence electrons. The van der Waals surface area contributed by atoms with Crippen LogP contribution in [0.25, 0.3) is 0 Å². The number of likely N-dealkylation sites (tertiary alicyclic amines) is 1. The second kappa shape index (κ2) is 7.61. The summed E-state index contributed by atoms with van der Waals surface area (Å²) in [5, 5.41) is 3.21. The van der Waals surface area contributed by atoms with Gasteiger partial charge in [0.05, 0.1) is 0 Å². The number of hydrogen-bond donors (Lipinski definition) is 1. The quantitative estimate of drug-likeness (QED) is 0.795. The first kappa shape index (κ1) is 14.5. The highest BCUT2D eigenvalue weighted by molar-refractivity contribution is 5.15. The molecule has 0 radical (unpaired) electrons. The lowest BCUT2D eigenvalue weighted by molar-refractivity contribution is 0.171. The van der Waals surface area contributed by atoms with Gasteiger partial charge in [-0.2, -0.15) is 0 Å². The van der Waals surface area contributed by atoms with Crippen LogP contribution in [0.15, 0.2) is 24.3 Å². The third-order valence-electron chi connectivity index (χ3n) is 4.07. The van der Waals surface area contributed by atoms with Gasteiger partial charge in [0.25, 0.3) is 0 Å². The zero-order chi connectivity index (χ0) is 13.5. The Morgan fingerprint density at radius 3 is 2.53 bits per heavy atom. The van der Waals surface area contributed by atoms with Gasteiger partial charge in [0.1, 0.15) is 5.82 Å². The van der Waals surface area contributed by atoms with Crippen molar-refractivity contribution in [1.82, 2.24) is 10.2 Å². The molecular formula is C16H25FN2. The van der Waals surface area contributed by atoms with Crippen LogP contribution >= 0.6 is 0 Å². The van der Waals surface area contributed by atoms with Gasteiger partial charge in [-0.1, -0.05) is 12.1 Å². The van der Waals surface area contributed by atoms with Crippen molar-refractivity contribution < 1.29 is 4.39 Å². The number of hydrogen-bond acceptors (Lipinski definition) is 2. The number of halogens is 1. The molecule has 1 saturated heterocycles. The maximum Gasteiger partial charge on any atom is 0.123 e. The van der Waals surface area contributed by atoms with E-state index in [4.69, 9.17) is 0 Å². The number of nitrogens with zero attached hydrogens (tertiary/aromatic N) is 1. The van der Waals surface area contributed by atoms with Gasteiger partial charge in [-0.3, -0.25) is 4.90 Å². The Labute approximate surface area is 116 Å². The fraction of sp³-hybridized carbons (Fsp3) is 0.625. The lowest BCUT2D eigenvalue weighted by Gasteiger charge is -2.32. The second-order valence-electron chi connectivity index (χ2n) is 5.59. The van der Waals surface area contributed by atoms with E-state index in [1.165, 1.54) is 44.3 Å². The molecule has 3 heteroatoms. The van der Waals surface area contributed by atoms with Crippen LogP contribution in [-0.4, -0.2) is 31.6 Å². The van der Waals surface area contributed by atoms with Crippen molar-refractivity contribution in [3.05, 3.63) is 35.6 Å². The maximum atomic E-state index is 12.8. The van der Waals surface area contributed by atoms with Gasteiger partial charge in [0, 0.05) is 6.54 Å². The van der Waals surface area contributed by atoms with E-state index in [2.05, 4.69) is 10.2 Å². The largest absolute Gasteiger partial charge is 0.320 e. The number of benzene rings is 1. The highest BCUT2D eigenvalue weighted by Crippen LogP contribution is 2.22.